The summed E-state index contributed by atoms with van der Waals surface area (Å²) in [5.74, 6) is 0. The third-order valence-corrected chi connectivity index (χ3v) is 4.01. The number of anilines is 2. The minimum atomic E-state index is 0.589. The van der Waals surface area contributed by atoms with Crippen molar-refractivity contribution >= 4 is 11.4 Å². The summed E-state index contributed by atoms with van der Waals surface area (Å²) in [6.45, 7) is 9.48. The molecular weight excluding hydrogens is 224 g/mol. The Labute approximate surface area is 109 Å². The van der Waals surface area contributed by atoms with Gasteiger partial charge in [0.1, 0.15) is 0 Å². The summed E-state index contributed by atoms with van der Waals surface area (Å²) < 4.78 is 5.45. The molecule has 1 aromatic carbocycles. The molecule has 0 N–H and O–H groups in total. The molecule has 3 nitrogen and oxygen atoms in total. The van der Waals surface area contributed by atoms with Crippen LogP contribution in [0.4, 0.5) is 11.4 Å². The van der Waals surface area contributed by atoms with Crippen molar-refractivity contribution in [3.05, 3.63) is 23.8 Å². The van der Waals surface area contributed by atoms with Gasteiger partial charge in [-0.2, -0.15) is 0 Å². The van der Waals surface area contributed by atoms with Gasteiger partial charge in [0.05, 0.1) is 13.2 Å². The van der Waals surface area contributed by atoms with E-state index in [9.17, 15) is 0 Å². The second-order valence-corrected chi connectivity index (χ2v) is 5.41. The van der Waals surface area contributed by atoms with Gasteiger partial charge in [-0.3, -0.25) is 0 Å². The fourth-order valence-corrected chi connectivity index (χ4v) is 3.08. The van der Waals surface area contributed by atoms with Gasteiger partial charge >= 0.3 is 0 Å². The molecule has 0 amide bonds. The van der Waals surface area contributed by atoms with Crippen LogP contribution in [0.1, 0.15) is 19.4 Å². The molecule has 0 aromatic heterocycles. The second-order valence-electron chi connectivity index (χ2n) is 5.41. The van der Waals surface area contributed by atoms with Gasteiger partial charge in [0.2, 0.25) is 0 Å². The first-order chi connectivity index (χ1) is 8.77. The maximum atomic E-state index is 5.45. The molecule has 2 heterocycles. The number of ether oxygens (including phenoxy) is 1. The molecule has 3 heteroatoms. The fraction of sp³-hybridized carbons (Fsp3) is 0.600. The highest BCUT2D eigenvalue weighted by Gasteiger charge is 2.25. The average molecular weight is 246 g/mol. The van der Waals surface area contributed by atoms with E-state index in [1.165, 1.54) is 23.4 Å². The molecule has 2 aliphatic heterocycles. The number of rotatable bonds is 2. The predicted octanol–water partition coefficient (Wildman–Crippen LogP) is 2.29. The Morgan fingerprint density at radius 3 is 2.50 bits per heavy atom. The number of hydrogen-bond donors (Lipinski definition) is 0. The van der Waals surface area contributed by atoms with E-state index in [0.717, 1.165) is 32.8 Å². The highest BCUT2D eigenvalue weighted by atomic mass is 16.5. The van der Waals surface area contributed by atoms with Crippen molar-refractivity contribution < 1.29 is 4.74 Å². The summed E-state index contributed by atoms with van der Waals surface area (Å²) in [7, 11) is 0. The van der Waals surface area contributed by atoms with Crippen LogP contribution in [0.15, 0.2) is 18.2 Å². The van der Waals surface area contributed by atoms with Crippen LogP contribution in [0.25, 0.3) is 0 Å². The van der Waals surface area contributed by atoms with Gasteiger partial charge in [-0.05, 0) is 32.4 Å². The van der Waals surface area contributed by atoms with Crippen molar-refractivity contribution in [1.29, 1.82) is 0 Å². The van der Waals surface area contributed by atoms with E-state index >= 15 is 0 Å². The first-order valence-electron chi connectivity index (χ1n) is 6.98. The maximum Gasteiger partial charge on any atom is 0.0642 e. The molecule has 2 aliphatic rings. The molecule has 3 rings (SSSR count). The number of benzene rings is 1. The van der Waals surface area contributed by atoms with Crippen LogP contribution >= 0.6 is 0 Å². The predicted molar refractivity (Wildman–Crippen MR) is 75.7 cm³/mol. The lowest BCUT2D eigenvalue weighted by atomic mass is 10.1. The molecule has 18 heavy (non-hydrogen) atoms. The van der Waals surface area contributed by atoms with E-state index in [2.05, 4.69) is 41.8 Å². The zero-order valence-corrected chi connectivity index (χ0v) is 11.4. The minimum absolute atomic E-state index is 0.589. The van der Waals surface area contributed by atoms with Crippen LogP contribution in [-0.4, -0.2) is 38.9 Å². The van der Waals surface area contributed by atoms with Gasteiger partial charge in [-0.1, -0.05) is 6.07 Å². The summed E-state index contributed by atoms with van der Waals surface area (Å²) in [5.41, 5.74) is 4.40. The summed E-state index contributed by atoms with van der Waals surface area (Å²) in [5, 5.41) is 0. The largest absolute Gasteiger partial charge is 0.378 e. The van der Waals surface area contributed by atoms with E-state index in [-0.39, 0.29) is 0 Å². The van der Waals surface area contributed by atoms with Crippen LogP contribution in [-0.2, 0) is 11.2 Å². The second kappa shape index (κ2) is 4.81. The first kappa shape index (κ1) is 11.8. The Balaban J connectivity index is 1.93. The van der Waals surface area contributed by atoms with Crippen LogP contribution in [0.3, 0.4) is 0 Å². The summed E-state index contributed by atoms with van der Waals surface area (Å²) in [6.07, 6.45) is 1.18. The molecule has 0 saturated carbocycles. The molecular formula is C15H22N2O. The summed E-state index contributed by atoms with van der Waals surface area (Å²) in [6, 6.07) is 7.33. The van der Waals surface area contributed by atoms with Crippen molar-refractivity contribution in [2.75, 3.05) is 42.6 Å². The third-order valence-electron chi connectivity index (χ3n) is 4.01. The highest BCUT2D eigenvalue weighted by molar-refractivity contribution is 5.71. The smallest absolute Gasteiger partial charge is 0.0642 e. The van der Waals surface area contributed by atoms with Crippen LogP contribution in [0.2, 0.25) is 0 Å². The lowest BCUT2D eigenvalue weighted by Crippen LogP contribution is -2.36. The van der Waals surface area contributed by atoms with E-state index in [0.29, 0.717) is 6.04 Å². The maximum absolute atomic E-state index is 5.45. The summed E-state index contributed by atoms with van der Waals surface area (Å²) >= 11 is 0. The van der Waals surface area contributed by atoms with Crippen LogP contribution in [0, 0.1) is 0 Å². The Kier molecular flexibility index (Phi) is 3.16. The van der Waals surface area contributed by atoms with Crippen molar-refractivity contribution in [1.82, 2.24) is 0 Å². The molecule has 1 fully saturated rings. The normalized spacial score (nSPS) is 19.5. The molecule has 1 aromatic rings. The molecule has 0 radical (unpaired) electrons. The van der Waals surface area contributed by atoms with E-state index in [1.54, 1.807) is 0 Å². The monoisotopic (exact) mass is 246 g/mol. The molecule has 1 saturated heterocycles. The van der Waals surface area contributed by atoms with Crippen molar-refractivity contribution in [3.8, 4) is 0 Å². The molecule has 0 spiro atoms. The van der Waals surface area contributed by atoms with Gasteiger partial charge in [0.15, 0.2) is 0 Å². The zero-order chi connectivity index (χ0) is 12.5. The van der Waals surface area contributed by atoms with Crippen molar-refractivity contribution in [2.45, 2.75) is 26.3 Å². The van der Waals surface area contributed by atoms with E-state index < -0.39 is 0 Å². The van der Waals surface area contributed by atoms with Crippen LogP contribution < -0.4 is 9.80 Å². The van der Waals surface area contributed by atoms with E-state index in [1.807, 2.05) is 0 Å². The summed E-state index contributed by atoms with van der Waals surface area (Å²) in [4.78, 5) is 4.99. The zero-order valence-electron chi connectivity index (χ0n) is 11.4. The Hall–Kier alpha value is -1.22. The Morgan fingerprint density at radius 2 is 1.78 bits per heavy atom. The van der Waals surface area contributed by atoms with Crippen molar-refractivity contribution in [3.63, 3.8) is 0 Å². The number of hydrogen-bond acceptors (Lipinski definition) is 3. The van der Waals surface area contributed by atoms with Gasteiger partial charge in [0, 0.05) is 42.6 Å². The lowest BCUT2D eigenvalue weighted by Gasteiger charge is -2.31. The molecule has 0 aliphatic carbocycles. The van der Waals surface area contributed by atoms with Gasteiger partial charge in [0.25, 0.3) is 0 Å². The molecule has 98 valence electrons. The number of nitrogens with zero attached hydrogens (tertiary/aromatic N) is 2. The molecule has 0 unspecified atom stereocenters. The van der Waals surface area contributed by atoms with Gasteiger partial charge in [-0.15, -0.1) is 0 Å². The molecule has 0 atom stereocenters. The van der Waals surface area contributed by atoms with Gasteiger partial charge in [-0.25, -0.2) is 0 Å². The molecule has 0 bridgehead atoms. The standard InChI is InChI=1S/C15H22N2O/c1-12(2)17-7-6-13-14(4-3-5-15(13)17)16-8-10-18-11-9-16/h3-5,12H,6-11H2,1-2H3. The van der Waals surface area contributed by atoms with E-state index in [4.69, 9.17) is 4.74 Å². The minimum Gasteiger partial charge on any atom is -0.378 e. The Bertz CT molecular complexity index is 425. The average Bonchev–Trinajstić information content (AvgIpc) is 2.83. The number of fused-ring (bicyclic) bond motifs is 1. The fourth-order valence-electron chi connectivity index (χ4n) is 3.08. The van der Waals surface area contributed by atoms with Crippen LogP contribution in [0.5, 0.6) is 0 Å². The highest BCUT2D eigenvalue weighted by Crippen LogP contribution is 2.36. The lowest BCUT2D eigenvalue weighted by molar-refractivity contribution is 0.122. The third kappa shape index (κ3) is 1.97. The topological polar surface area (TPSA) is 15.7 Å². The SMILES string of the molecule is CC(C)N1CCc2c(N3CCOCC3)cccc21. The quantitative estimate of drug-likeness (QED) is 0.796. The van der Waals surface area contributed by atoms with Gasteiger partial charge < -0.3 is 14.5 Å². The Morgan fingerprint density at radius 1 is 1.06 bits per heavy atom. The van der Waals surface area contributed by atoms with Crippen molar-refractivity contribution in [2.24, 2.45) is 0 Å². The number of morpholine rings is 1. The first-order valence-corrected chi connectivity index (χ1v) is 6.98.